The first-order chi connectivity index (χ1) is 7.63. The second-order valence-corrected chi connectivity index (χ2v) is 4.21. The van der Waals surface area contributed by atoms with E-state index >= 15 is 0 Å². The third kappa shape index (κ3) is 2.07. The number of nitrogens with zero attached hydrogens (tertiary/aromatic N) is 2. The van der Waals surface area contributed by atoms with Crippen LogP contribution in [0.4, 0.5) is 11.5 Å². The molecule has 1 saturated carbocycles. The second kappa shape index (κ2) is 3.99. The van der Waals surface area contributed by atoms with Crippen molar-refractivity contribution in [3.05, 3.63) is 17.8 Å². The zero-order chi connectivity index (χ0) is 11.6. The Balaban J connectivity index is 2.07. The number of hydrogen-bond acceptors (Lipinski definition) is 5. The van der Waals surface area contributed by atoms with Gasteiger partial charge in [0.05, 0.1) is 23.0 Å². The zero-order valence-electron chi connectivity index (χ0n) is 8.90. The SMILES string of the molecule is N#Cc1cc(N)cnc1NCC1(O)CCC1. The molecular weight excluding hydrogens is 204 g/mol. The van der Waals surface area contributed by atoms with Crippen LogP contribution in [-0.4, -0.2) is 22.2 Å². The molecule has 0 bridgehead atoms. The van der Waals surface area contributed by atoms with Crippen LogP contribution >= 0.6 is 0 Å². The van der Waals surface area contributed by atoms with Crippen LogP contribution in [0, 0.1) is 11.3 Å². The van der Waals surface area contributed by atoms with Crippen LogP contribution in [0.5, 0.6) is 0 Å². The number of rotatable bonds is 3. The van der Waals surface area contributed by atoms with Gasteiger partial charge in [0.25, 0.3) is 0 Å². The minimum atomic E-state index is -0.629. The van der Waals surface area contributed by atoms with Gasteiger partial charge in [0.15, 0.2) is 0 Å². The third-order valence-electron chi connectivity index (χ3n) is 2.90. The lowest BCUT2D eigenvalue weighted by Crippen LogP contribution is -2.43. The van der Waals surface area contributed by atoms with Crippen LogP contribution in [0.2, 0.25) is 0 Å². The molecule has 84 valence electrons. The molecule has 0 radical (unpaired) electrons. The Morgan fingerprint density at radius 3 is 2.94 bits per heavy atom. The van der Waals surface area contributed by atoms with Gasteiger partial charge >= 0.3 is 0 Å². The zero-order valence-corrected chi connectivity index (χ0v) is 8.90. The first kappa shape index (κ1) is 10.7. The molecule has 2 rings (SSSR count). The fourth-order valence-corrected chi connectivity index (χ4v) is 1.72. The number of nitrogen functional groups attached to an aromatic ring is 1. The van der Waals surface area contributed by atoms with Crippen LogP contribution in [0.25, 0.3) is 0 Å². The van der Waals surface area contributed by atoms with Crippen molar-refractivity contribution in [2.24, 2.45) is 0 Å². The van der Waals surface area contributed by atoms with Gasteiger partial charge in [-0.25, -0.2) is 4.98 Å². The Hall–Kier alpha value is -1.80. The normalized spacial score (nSPS) is 17.2. The predicted molar refractivity (Wildman–Crippen MR) is 60.7 cm³/mol. The maximum atomic E-state index is 9.89. The summed E-state index contributed by atoms with van der Waals surface area (Å²) in [5.41, 5.74) is 5.77. The van der Waals surface area contributed by atoms with Crippen molar-refractivity contribution in [1.82, 2.24) is 4.98 Å². The number of aliphatic hydroxyl groups is 1. The van der Waals surface area contributed by atoms with E-state index < -0.39 is 5.60 Å². The van der Waals surface area contributed by atoms with E-state index in [4.69, 9.17) is 11.0 Å². The minimum Gasteiger partial charge on any atom is -0.397 e. The van der Waals surface area contributed by atoms with Crippen molar-refractivity contribution in [1.29, 1.82) is 5.26 Å². The van der Waals surface area contributed by atoms with E-state index in [0.717, 1.165) is 19.3 Å². The molecule has 1 aliphatic carbocycles. The maximum Gasteiger partial charge on any atom is 0.144 e. The highest BCUT2D eigenvalue weighted by atomic mass is 16.3. The molecule has 5 nitrogen and oxygen atoms in total. The number of nitrogens with one attached hydrogen (secondary N) is 1. The van der Waals surface area contributed by atoms with Crippen molar-refractivity contribution in [3.63, 3.8) is 0 Å². The summed E-state index contributed by atoms with van der Waals surface area (Å²) >= 11 is 0. The van der Waals surface area contributed by atoms with Crippen molar-refractivity contribution in [2.75, 3.05) is 17.6 Å². The van der Waals surface area contributed by atoms with Gasteiger partial charge in [-0.1, -0.05) is 0 Å². The van der Waals surface area contributed by atoms with Gasteiger partial charge in [-0.05, 0) is 25.3 Å². The molecule has 0 unspecified atom stereocenters. The van der Waals surface area contributed by atoms with Crippen LogP contribution in [-0.2, 0) is 0 Å². The first-order valence-electron chi connectivity index (χ1n) is 5.25. The summed E-state index contributed by atoms with van der Waals surface area (Å²) in [7, 11) is 0. The van der Waals surface area contributed by atoms with Gasteiger partial charge in [0, 0.05) is 6.54 Å². The lowest BCUT2D eigenvalue weighted by molar-refractivity contribution is -0.0202. The monoisotopic (exact) mass is 218 g/mol. The standard InChI is InChI=1S/C11H14N4O/c12-5-8-4-9(13)6-14-10(8)15-7-11(16)2-1-3-11/h4,6,16H,1-3,7,13H2,(H,14,15). The van der Waals surface area contributed by atoms with Gasteiger partial charge in [-0.2, -0.15) is 5.26 Å². The Morgan fingerprint density at radius 2 is 2.38 bits per heavy atom. The molecular formula is C11H14N4O. The van der Waals surface area contributed by atoms with E-state index in [-0.39, 0.29) is 0 Å². The number of anilines is 2. The van der Waals surface area contributed by atoms with E-state index in [1.54, 1.807) is 6.07 Å². The van der Waals surface area contributed by atoms with Crippen molar-refractivity contribution in [2.45, 2.75) is 24.9 Å². The summed E-state index contributed by atoms with van der Waals surface area (Å²) in [5, 5.41) is 21.8. The van der Waals surface area contributed by atoms with Gasteiger partial charge in [-0.3, -0.25) is 0 Å². The Morgan fingerprint density at radius 1 is 1.62 bits per heavy atom. The Labute approximate surface area is 93.9 Å². The van der Waals surface area contributed by atoms with E-state index in [0.29, 0.717) is 23.6 Å². The molecule has 0 aliphatic heterocycles. The summed E-state index contributed by atoms with van der Waals surface area (Å²) < 4.78 is 0. The van der Waals surface area contributed by atoms with Crippen molar-refractivity contribution >= 4 is 11.5 Å². The second-order valence-electron chi connectivity index (χ2n) is 4.21. The summed E-state index contributed by atoms with van der Waals surface area (Å²) in [6, 6.07) is 3.59. The molecule has 5 heteroatoms. The van der Waals surface area contributed by atoms with E-state index in [2.05, 4.69) is 10.3 Å². The van der Waals surface area contributed by atoms with Gasteiger partial charge in [0.1, 0.15) is 11.9 Å². The number of nitriles is 1. The quantitative estimate of drug-likeness (QED) is 0.699. The highest BCUT2D eigenvalue weighted by Gasteiger charge is 2.34. The minimum absolute atomic E-state index is 0.405. The predicted octanol–water partition coefficient (Wildman–Crippen LogP) is 0.862. The van der Waals surface area contributed by atoms with Gasteiger partial charge in [0.2, 0.25) is 0 Å². The Bertz CT molecular complexity index is 434. The summed E-state index contributed by atoms with van der Waals surface area (Å²) in [4.78, 5) is 4.04. The van der Waals surface area contributed by atoms with Gasteiger partial charge < -0.3 is 16.2 Å². The largest absolute Gasteiger partial charge is 0.397 e. The topological polar surface area (TPSA) is 95.0 Å². The van der Waals surface area contributed by atoms with Gasteiger partial charge in [-0.15, -0.1) is 0 Å². The number of pyridine rings is 1. The third-order valence-corrected chi connectivity index (χ3v) is 2.90. The molecule has 1 heterocycles. The molecule has 0 amide bonds. The number of aromatic nitrogens is 1. The molecule has 0 atom stereocenters. The maximum absolute atomic E-state index is 9.89. The molecule has 4 N–H and O–H groups in total. The lowest BCUT2D eigenvalue weighted by Gasteiger charge is -2.36. The van der Waals surface area contributed by atoms with Crippen LogP contribution in [0.15, 0.2) is 12.3 Å². The fourth-order valence-electron chi connectivity index (χ4n) is 1.72. The molecule has 1 aliphatic rings. The fraction of sp³-hybridized carbons (Fsp3) is 0.455. The summed E-state index contributed by atoms with van der Waals surface area (Å²) in [6.07, 6.45) is 4.15. The molecule has 0 aromatic carbocycles. The highest BCUT2D eigenvalue weighted by molar-refractivity contribution is 5.57. The number of hydrogen-bond donors (Lipinski definition) is 3. The lowest BCUT2D eigenvalue weighted by atomic mass is 9.80. The molecule has 1 fully saturated rings. The summed E-state index contributed by atoms with van der Waals surface area (Å²) in [5.74, 6) is 0.483. The van der Waals surface area contributed by atoms with Crippen LogP contribution < -0.4 is 11.1 Å². The van der Waals surface area contributed by atoms with E-state index in [1.807, 2.05) is 6.07 Å². The molecule has 16 heavy (non-hydrogen) atoms. The highest BCUT2D eigenvalue weighted by Crippen LogP contribution is 2.31. The van der Waals surface area contributed by atoms with Crippen molar-refractivity contribution < 1.29 is 5.11 Å². The first-order valence-corrected chi connectivity index (χ1v) is 5.25. The molecule has 1 aromatic heterocycles. The van der Waals surface area contributed by atoms with Crippen molar-refractivity contribution in [3.8, 4) is 6.07 Å². The average Bonchev–Trinajstić information content (AvgIpc) is 2.24. The smallest absolute Gasteiger partial charge is 0.144 e. The molecule has 0 spiro atoms. The van der Waals surface area contributed by atoms with Crippen LogP contribution in [0.1, 0.15) is 24.8 Å². The van der Waals surface area contributed by atoms with E-state index in [9.17, 15) is 5.11 Å². The molecule has 1 aromatic rings. The van der Waals surface area contributed by atoms with E-state index in [1.165, 1.54) is 6.20 Å². The van der Waals surface area contributed by atoms with Crippen LogP contribution in [0.3, 0.4) is 0 Å². The number of nitrogens with two attached hydrogens (primary N) is 1. The molecule has 0 saturated heterocycles. The summed E-state index contributed by atoms with van der Waals surface area (Å²) in [6.45, 7) is 0.429. The Kier molecular flexibility index (Phi) is 2.67. The average molecular weight is 218 g/mol.